The summed E-state index contributed by atoms with van der Waals surface area (Å²) in [5, 5.41) is 9.08. The number of carbonyl (C=O) groups is 1. The first kappa shape index (κ1) is 15.5. The predicted octanol–water partition coefficient (Wildman–Crippen LogP) is 2.63. The molecule has 0 radical (unpaired) electrons. The number of carboxylic acid groups (broad SMARTS) is 1. The molecular weight excluding hydrogens is 346 g/mol. The van der Waals surface area contributed by atoms with Crippen molar-refractivity contribution in [2.45, 2.75) is 31.1 Å². The molecule has 1 N–H and O–H groups in total. The van der Waals surface area contributed by atoms with Gasteiger partial charge in [-0.3, -0.25) is 0 Å². The second-order valence-corrected chi connectivity index (χ2v) is 7.57. The maximum Gasteiger partial charge on any atom is 0.335 e. The molecule has 1 heterocycles. The van der Waals surface area contributed by atoms with Crippen molar-refractivity contribution in [2.75, 3.05) is 13.1 Å². The zero-order valence-electron chi connectivity index (χ0n) is 11.1. The summed E-state index contributed by atoms with van der Waals surface area (Å²) < 4.78 is 27.1. The molecular formula is C13H16BrNO4S. The summed E-state index contributed by atoms with van der Waals surface area (Å²) in [6, 6.07) is 2.69. The second kappa shape index (κ2) is 5.83. The van der Waals surface area contributed by atoms with E-state index in [1.165, 1.54) is 16.4 Å². The van der Waals surface area contributed by atoms with E-state index < -0.39 is 16.0 Å². The smallest absolute Gasteiger partial charge is 0.335 e. The van der Waals surface area contributed by atoms with E-state index in [4.69, 9.17) is 5.11 Å². The number of nitrogens with zero attached hydrogens (tertiary/aromatic N) is 1. The Kier molecular flexibility index (Phi) is 4.51. The summed E-state index contributed by atoms with van der Waals surface area (Å²) in [7, 11) is -3.65. The third-order valence-electron chi connectivity index (χ3n) is 3.40. The van der Waals surface area contributed by atoms with Gasteiger partial charge in [-0.25, -0.2) is 13.2 Å². The fourth-order valence-corrected chi connectivity index (χ4v) is 4.82. The Hall–Kier alpha value is -0.920. The number of sulfonamides is 1. The van der Waals surface area contributed by atoms with Gasteiger partial charge in [0.15, 0.2) is 0 Å². The maximum absolute atomic E-state index is 12.6. The molecule has 1 saturated heterocycles. The lowest BCUT2D eigenvalue weighted by Gasteiger charge is -2.26. The van der Waals surface area contributed by atoms with Crippen molar-refractivity contribution in [1.29, 1.82) is 0 Å². The number of halogens is 1. The average Bonchev–Trinajstić information content (AvgIpc) is 2.42. The van der Waals surface area contributed by atoms with E-state index >= 15 is 0 Å². The predicted molar refractivity (Wildman–Crippen MR) is 78.4 cm³/mol. The van der Waals surface area contributed by atoms with Crippen LogP contribution < -0.4 is 0 Å². The van der Waals surface area contributed by atoms with E-state index in [0.29, 0.717) is 23.1 Å². The minimum Gasteiger partial charge on any atom is -0.478 e. The highest BCUT2D eigenvalue weighted by molar-refractivity contribution is 9.10. The summed E-state index contributed by atoms with van der Waals surface area (Å²) in [6.07, 6.45) is 2.71. The third-order valence-corrected chi connectivity index (χ3v) is 6.64. The van der Waals surface area contributed by atoms with Crippen molar-refractivity contribution in [3.05, 3.63) is 27.7 Å². The van der Waals surface area contributed by atoms with Gasteiger partial charge < -0.3 is 5.11 Å². The third kappa shape index (κ3) is 2.89. The highest BCUT2D eigenvalue weighted by Gasteiger charge is 2.29. The molecule has 0 spiro atoms. The number of aromatic carboxylic acids is 1. The fraction of sp³-hybridized carbons (Fsp3) is 0.462. The Morgan fingerprint density at radius 3 is 2.40 bits per heavy atom. The fourth-order valence-electron chi connectivity index (χ4n) is 2.29. The molecule has 0 aliphatic carbocycles. The molecule has 1 aromatic carbocycles. The zero-order chi connectivity index (χ0) is 14.9. The highest BCUT2D eigenvalue weighted by atomic mass is 79.9. The van der Waals surface area contributed by atoms with Crippen molar-refractivity contribution in [3.63, 3.8) is 0 Å². The van der Waals surface area contributed by atoms with Crippen molar-refractivity contribution in [2.24, 2.45) is 0 Å². The monoisotopic (exact) mass is 361 g/mol. The molecule has 110 valence electrons. The van der Waals surface area contributed by atoms with Crippen molar-refractivity contribution in [3.8, 4) is 0 Å². The topological polar surface area (TPSA) is 74.7 Å². The van der Waals surface area contributed by atoms with E-state index in [9.17, 15) is 13.2 Å². The second-order valence-electron chi connectivity index (χ2n) is 4.88. The van der Waals surface area contributed by atoms with E-state index in [-0.39, 0.29) is 10.5 Å². The van der Waals surface area contributed by atoms with E-state index in [2.05, 4.69) is 15.9 Å². The van der Waals surface area contributed by atoms with Gasteiger partial charge in [0, 0.05) is 17.6 Å². The van der Waals surface area contributed by atoms with Gasteiger partial charge >= 0.3 is 5.97 Å². The molecule has 2 rings (SSSR count). The van der Waals surface area contributed by atoms with Crippen LogP contribution >= 0.6 is 15.9 Å². The van der Waals surface area contributed by atoms with Crippen LogP contribution in [0, 0.1) is 6.92 Å². The molecule has 0 bridgehead atoms. The summed E-state index contributed by atoms with van der Waals surface area (Å²) in [5.74, 6) is -1.13. The summed E-state index contributed by atoms with van der Waals surface area (Å²) in [6.45, 7) is 2.67. The molecule has 1 aromatic rings. The molecule has 1 aliphatic rings. The lowest BCUT2D eigenvalue weighted by molar-refractivity contribution is 0.0696. The van der Waals surface area contributed by atoms with Crippen LogP contribution in [0.15, 0.2) is 21.5 Å². The average molecular weight is 362 g/mol. The SMILES string of the molecule is Cc1cc(C(=O)O)cc(S(=O)(=O)N2CCCCC2)c1Br. The van der Waals surface area contributed by atoms with Gasteiger partial charge in [0.25, 0.3) is 0 Å². The number of aryl methyl sites for hydroxylation is 1. The number of carboxylic acids is 1. The number of benzene rings is 1. The van der Waals surface area contributed by atoms with E-state index in [1.54, 1.807) is 6.92 Å². The molecule has 1 aliphatic heterocycles. The zero-order valence-corrected chi connectivity index (χ0v) is 13.5. The molecule has 0 amide bonds. The molecule has 1 fully saturated rings. The van der Waals surface area contributed by atoms with Crippen LogP contribution in [-0.4, -0.2) is 36.9 Å². The minimum absolute atomic E-state index is 0.0127. The lowest BCUT2D eigenvalue weighted by atomic mass is 10.1. The Morgan fingerprint density at radius 2 is 1.85 bits per heavy atom. The quantitative estimate of drug-likeness (QED) is 0.897. The van der Waals surface area contributed by atoms with E-state index in [1.807, 2.05) is 0 Å². The van der Waals surface area contributed by atoms with Gasteiger partial charge in [0.05, 0.1) is 10.5 Å². The Balaban J connectivity index is 2.52. The van der Waals surface area contributed by atoms with Gasteiger partial charge in [-0.05, 0) is 53.4 Å². The summed E-state index contributed by atoms with van der Waals surface area (Å²) in [5.41, 5.74) is 0.585. The van der Waals surface area contributed by atoms with Crippen LogP contribution in [0.5, 0.6) is 0 Å². The first-order valence-electron chi connectivity index (χ1n) is 6.37. The van der Waals surface area contributed by atoms with Crippen LogP contribution in [0.4, 0.5) is 0 Å². The largest absolute Gasteiger partial charge is 0.478 e. The summed E-state index contributed by atoms with van der Waals surface area (Å²) in [4.78, 5) is 11.1. The van der Waals surface area contributed by atoms with Crippen molar-refractivity contribution < 1.29 is 18.3 Å². The number of piperidine rings is 1. The highest BCUT2D eigenvalue weighted by Crippen LogP contribution is 2.30. The van der Waals surface area contributed by atoms with Crippen molar-refractivity contribution in [1.82, 2.24) is 4.31 Å². The minimum atomic E-state index is -3.65. The normalized spacial score (nSPS) is 17.1. The van der Waals surface area contributed by atoms with Crippen LogP contribution in [0.1, 0.15) is 35.2 Å². The van der Waals surface area contributed by atoms with Crippen molar-refractivity contribution >= 4 is 31.9 Å². The van der Waals surface area contributed by atoms with Gasteiger partial charge in [-0.1, -0.05) is 6.42 Å². The van der Waals surface area contributed by atoms with Gasteiger partial charge in [0.1, 0.15) is 0 Å². The number of hydrogen-bond donors (Lipinski definition) is 1. The standard InChI is InChI=1S/C13H16BrNO4S/c1-9-7-10(13(16)17)8-11(12(9)14)20(18,19)15-5-3-2-4-6-15/h7-8H,2-6H2,1H3,(H,16,17). The Bertz CT molecular complexity index is 636. The van der Waals surface area contributed by atoms with E-state index in [0.717, 1.165) is 19.3 Å². The first-order chi connectivity index (χ1) is 9.34. The number of rotatable bonds is 3. The van der Waals surface area contributed by atoms with Gasteiger partial charge in [-0.2, -0.15) is 4.31 Å². The summed E-state index contributed by atoms with van der Waals surface area (Å²) >= 11 is 3.27. The first-order valence-corrected chi connectivity index (χ1v) is 8.61. The van der Waals surface area contributed by atoms with Crippen LogP contribution in [-0.2, 0) is 10.0 Å². The van der Waals surface area contributed by atoms with Crippen LogP contribution in [0.25, 0.3) is 0 Å². The Morgan fingerprint density at radius 1 is 1.25 bits per heavy atom. The van der Waals surface area contributed by atoms with Gasteiger partial charge in [-0.15, -0.1) is 0 Å². The van der Waals surface area contributed by atoms with Crippen LogP contribution in [0.3, 0.4) is 0 Å². The maximum atomic E-state index is 12.6. The number of hydrogen-bond acceptors (Lipinski definition) is 3. The Labute approximate surface area is 126 Å². The molecule has 7 heteroatoms. The molecule has 0 unspecified atom stereocenters. The van der Waals surface area contributed by atoms with Crippen LogP contribution in [0.2, 0.25) is 0 Å². The lowest BCUT2D eigenvalue weighted by Crippen LogP contribution is -2.36. The molecule has 0 aromatic heterocycles. The van der Waals surface area contributed by atoms with Gasteiger partial charge in [0.2, 0.25) is 10.0 Å². The molecule has 5 nitrogen and oxygen atoms in total. The molecule has 0 saturated carbocycles. The molecule has 20 heavy (non-hydrogen) atoms. The molecule has 0 atom stereocenters.